The van der Waals surface area contributed by atoms with Crippen LogP contribution in [0, 0.1) is 0 Å². The van der Waals surface area contributed by atoms with Crippen LogP contribution in [0.1, 0.15) is 32.0 Å². The molecular formula is C30H34N4O4S. The molecule has 2 aliphatic rings. The van der Waals surface area contributed by atoms with Crippen LogP contribution in [0.5, 0.6) is 5.75 Å². The Morgan fingerprint density at radius 3 is 2.41 bits per heavy atom. The van der Waals surface area contributed by atoms with E-state index < -0.39 is 6.04 Å². The first-order chi connectivity index (χ1) is 19.0. The van der Waals surface area contributed by atoms with Crippen LogP contribution in [-0.4, -0.2) is 90.9 Å². The van der Waals surface area contributed by atoms with E-state index in [4.69, 9.17) is 4.74 Å². The van der Waals surface area contributed by atoms with Crippen molar-refractivity contribution in [2.75, 3.05) is 46.4 Å². The first kappa shape index (κ1) is 26.9. The zero-order chi connectivity index (χ0) is 27.2. The number of carbonyl (C=O) groups is 3. The maximum atomic E-state index is 13.9. The largest absolute Gasteiger partial charge is 0.497 e. The lowest BCUT2D eigenvalue weighted by molar-refractivity contribution is -0.135. The van der Waals surface area contributed by atoms with Gasteiger partial charge in [0.05, 0.1) is 18.0 Å². The summed E-state index contributed by atoms with van der Waals surface area (Å²) in [5.41, 5.74) is 1.68. The molecule has 1 N–H and O–H groups in total. The van der Waals surface area contributed by atoms with Gasteiger partial charge in [0.25, 0.3) is 11.8 Å². The Kier molecular flexibility index (Phi) is 8.58. The fourth-order valence-electron chi connectivity index (χ4n) is 5.38. The molecule has 5 rings (SSSR count). The maximum absolute atomic E-state index is 13.9. The van der Waals surface area contributed by atoms with Crippen LogP contribution in [0.15, 0.2) is 72.1 Å². The number of amides is 3. The average Bonchev–Trinajstić information content (AvgIpc) is 3.69. The second kappa shape index (κ2) is 12.4. The summed E-state index contributed by atoms with van der Waals surface area (Å²) in [5, 5.41) is 5.15. The van der Waals surface area contributed by atoms with Crippen LogP contribution in [0.4, 0.5) is 0 Å². The average molecular weight is 547 g/mol. The van der Waals surface area contributed by atoms with Gasteiger partial charge in [-0.2, -0.15) is 0 Å². The number of benzene rings is 2. The van der Waals surface area contributed by atoms with Gasteiger partial charge < -0.3 is 24.8 Å². The Morgan fingerprint density at radius 2 is 1.74 bits per heavy atom. The Morgan fingerprint density at radius 1 is 1.00 bits per heavy atom. The SMILES string of the molecule is COc1ccc(C(=O)N(CCc2ccccc2)C2CC(C(=O)N3CCNCC3)N(C(=O)c3cccs3)C2)cc1. The van der Waals surface area contributed by atoms with E-state index >= 15 is 0 Å². The van der Waals surface area contributed by atoms with E-state index in [9.17, 15) is 14.4 Å². The lowest BCUT2D eigenvalue weighted by Crippen LogP contribution is -2.53. The summed E-state index contributed by atoms with van der Waals surface area (Å²) in [6, 6.07) is 19.9. The summed E-state index contributed by atoms with van der Waals surface area (Å²) in [6.45, 7) is 3.50. The fraction of sp³-hybridized carbons (Fsp3) is 0.367. The molecular weight excluding hydrogens is 512 g/mol. The van der Waals surface area contributed by atoms with Gasteiger partial charge in [-0.05, 0) is 54.1 Å². The van der Waals surface area contributed by atoms with Gasteiger partial charge in [-0.25, -0.2) is 0 Å². The van der Waals surface area contributed by atoms with Crippen molar-refractivity contribution in [3.63, 3.8) is 0 Å². The first-order valence-electron chi connectivity index (χ1n) is 13.4. The molecule has 2 atom stereocenters. The molecule has 3 heterocycles. The van der Waals surface area contributed by atoms with E-state index in [-0.39, 0.29) is 23.8 Å². The van der Waals surface area contributed by atoms with E-state index in [0.29, 0.717) is 55.2 Å². The highest BCUT2D eigenvalue weighted by Gasteiger charge is 2.45. The minimum absolute atomic E-state index is 0.0381. The summed E-state index contributed by atoms with van der Waals surface area (Å²) in [5.74, 6) is 0.375. The van der Waals surface area contributed by atoms with Crippen LogP contribution in [0.25, 0.3) is 0 Å². The fourth-order valence-corrected chi connectivity index (χ4v) is 6.06. The third kappa shape index (κ3) is 6.15. The van der Waals surface area contributed by atoms with Crippen LogP contribution in [-0.2, 0) is 11.2 Å². The molecule has 8 nitrogen and oxygen atoms in total. The lowest BCUT2D eigenvalue weighted by Gasteiger charge is -2.32. The van der Waals surface area contributed by atoms with Gasteiger partial charge in [0.1, 0.15) is 11.8 Å². The number of methoxy groups -OCH3 is 1. The molecule has 0 aliphatic carbocycles. The van der Waals surface area contributed by atoms with E-state index in [1.807, 2.05) is 51.6 Å². The van der Waals surface area contributed by atoms with Crippen molar-refractivity contribution < 1.29 is 19.1 Å². The number of piperazine rings is 1. The summed E-state index contributed by atoms with van der Waals surface area (Å²) < 4.78 is 5.27. The molecule has 9 heteroatoms. The predicted octanol–water partition coefficient (Wildman–Crippen LogP) is 3.16. The van der Waals surface area contributed by atoms with E-state index in [1.165, 1.54) is 11.3 Å². The topological polar surface area (TPSA) is 82.2 Å². The molecule has 39 heavy (non-hydrogen) atoms. The van der Waals surface area contributed by atoms with Crippen molar-refractivity contribution >= 4 is 29.1 Å². The number of thiophene rings is 1. The molecule has 2 unspecified atom stereocenters. The maximum Gasteiger partial charge on any atom is 0.264 e. The molecule has 2 saturated heterocycles. The zero-order valence-corrected chi connectivity index (χ0v) is 22.9. The highest BCUT2D eigenvalue weighted by atomic mass is 32.1. The predicted molar refractivity (Wildman–Crippen MR) is 151 cm³/mol. The second-order valence-electron chi connectivity index (χ2n) is 9.88. The zero-order valence-electron chi connectivity index (χ0n) is 22.1. The molecule has 3 aromatic rings. The summed E-state index contributed by atoms with van der Waals surface area (Å²) >= 11 is 1.37. The van der Waals surface area contributed by atoms with E-state index in [1.54, 1.807) is 42.3 Å². The smallest absolute Gasteiger partial charge is 0.264 e. The Labute approximate surface area is 233 Å². The molecule has 0 spiro atoms. The highest BCUT2D eigenvalue weighted by molar-refractivity contribution is 7.12. The minimum atomic E-state index is -0.606. The quantitative estimate of drug-likeness (QED) is 0.470. The summed E-state index contributed by atoms with van der Waals surface area (Å²) in [7, 11) is 1.59. The summed E-state index contributed by atoms with van der Waals surface area (Å²) in [6.07, 6.45) is 1.09. The second-order valence-corrected chi connectivity index (χ2v) is 10.8. The Hall–Kier alpha value is -3.69. The van der Waals surface area contributed by atoms with Crippen LogP contribution in [0.2, 0.25) is 0 Å². The highest BCUT2D eigenvalue weighted by Crippen LogP contribution is 2.29. The Bertz CT molecular complexity index is 1260. The van der Waals surface area contributed by atoms with Gasteiger partial charge in [0.15, 0.2) is 0 Å². The molecule has 2 aliphatic heterocycles. The normalized spacial score (nSPS) is 19.1. The van der Waals surface area contributed by atoms with Crippen molar-refractivity contribution in [2.24, 2.45) is 0 Å². The molecule has 3 amide bonds. The first-order valence-corrected chi connectivity index (χ1v) is 14.3. The van der Waals surface area contributed by atoms with Crippen molar-refractivity contribution in [3.8, 4) is 5.75 Å². The number of likely N-dealkylation sites (tertiary alicyclic amines) is 1. The van der Waals surface area contributed by atoms with Crippen molar-refractivity contribution in [1.82, 2.24) is 20.0 Å². The molecule has 1 aromatic heterocycles. The number of rotatable bonds is 8. The Balaban J connectivity index is 1.43. The monoisotopic (exact) mass is 546 g/mol. The van der Waals surface area contributed by atoms with Crippen molar-refractivity contribution in [2.45, 2.75) is 24.9 Å². The molecule has 2 aromatic carbocycles. The number of carbonyl (C=O) groups excluding carboxylic acids is 3. The minimum Gasteiger partial charge on any atom is -0.497 e. The summed E-state index contributed by atoms with van der Waals surface area (Å²) in [4.78, 5) is 47.2. The van der Waals surface area contributed by atoms with Gasteiger partial charge in [0.2, 0.25) is 5.91 Å². The lowest BCUT2D eigenvalue weighted by atomic mass is 10.1. The number of hydrogen-bond acceptors (Lipinski definition) is 6. The molecule has 0 bridgehead atoms. The molecule has 2 fully saturated rings. The third-order valence-corrected chi connectivity index (χ3v) is 8.37. The standard InChI is InChI=1S/C30H34N4O4S/c1-38-25-11-9-23(10-12-25)28(35)33(16-13-22-6-3-2-4-7-22)24-20-26(29(36)32-17-14-31-15-18-32)34(21-24)30(37)27-8-5-19-39-27/h2-12,19,24,26,31H,13-18,20-21H2,1H3. The van der Waals surface area contributed by atoms with Crippen molar-refractivity contribution in [1.29, 1.82) is 0 Å². The number of nitrogens with one attached hydrogen (secondary N) is 1. The van der Waals surface area contributed by atoms with Gasteiger partial charge in [-0.3, -0.25) is 14.4 Å². The third-order valence-electron chi connectivity index (χ3n) is 7.51. The van der Waals surface area contributed by atoms with Crippen LogP contribution in [0.3, 0.4) is 0 Å². The van der Waals surface area contributed by atoms with Gasteiger partial charge >= 0.3 is 0 Å². The number of ether oxygens (including phenoxy) is 1. The van der Waals surface area contributed by atoms with Gasteiger partial charge in [-0.15, -0.1) is 11.3 Å². The van der Waals surface area contributed by atoms with Crippen molar-refractivity contribution in [3.05, 3.63) is 88.1 Å². The number of hydrogen-bond donors (Lipinski definition) is 1. The molecule has 0 radical (unpaired) electrons. The molecule has 0 saturated carbocycles. The van der Waals surface area contributed by atoms with Gasteiger partial charge in [-0.1, -0.05) is 36.4 Å². The van der Waals surface area contributed by atoms with E-state index in [2.05, 4.69) is 5.32 Å². The molecule has 204 valence electrons. The van der Waals surface area contributed by atoms with Crippen LogP contribution >= 0.6 is 11.3 Å². The van der Waals surface area contributed by atoms with Gasteiger partial charge in [0, 0.05) is 44.8 Å². The van der Waals surface area contributed by atoms with Crippen LogP contribution < -0.4 is 10.1 Å². The van der Waals surface area contributed by atoms with E-state index in [0.717, 1.165) is 18.7 Å². The number of nitrogens with zero attached hydrogens (tertiary/aromatic N) is 3.